The minimum absolute atomic E-state index is 0.0183. The molecule has 1 aromatic carbocycles. The summed E-state index contributed by atoms with van der Waals surface area (Å²) in [5.41, 5.74) is 14.5. The second-order valence-corrected chi connectivity index (χ2v) is 10.7. The minimum Gasteiger partial charge on any atom is -0.481 e. The molecule has 0 spiro atoms. The molecule has 1 aliphatic heterocycles. The number of carbonyl (C=O) groups is 2. The molecule has 7 nitrogen and oxygen atoms in total. The summed E-state index contributed by atoms with van der Waals surface area (Å²) in [5.74, 6) is -0.910. The number of benzene rings is 1. The molecule has 0 aromatic heterocycles. The van der Waals surface area contributed by atoms with Crippen molar-refractivity contribution >= 4 is 11.8 Å². The molecule has 1 aromatic rings. The van der Waals surface area contributed by atoms with E-state index in [1.165, 1.54) is 0 Å². The van der Waals surface area contributed by atoms with E-state index >= 15 is 0 Å². The molecule has 3 aliphatic rings. The summed E-state index contributed by atoms with van der Waals surface area (Å²) in [7, 11) is 0. The van der Waals surface area contributed by atoms with E-state index in [1.807, 2.05) is 47.4 Å². The van der Waals surface area contributed by atoms with Crippen molar-refractivity contribution in [3.63, 3.8) is 0 Å². The number of rotatable bonds is 11. The first-order valence-corrected chi connectivity index (χ1v) is 13.8. The fraction of sp³-hybridized carbons (Fsp3) is 0.533. The van der Waals surface area contributed by atoms with Gasteiger partial charge in [0.15, 0.2) is 5.70 Å². The molecular formula is C30H42N4O3. The third-order valence-corrected chi connectivity index (χ3v) is 8.02. The van der Waals surface area contributed by atoms with Crippen LogP contribution in [0.1, 0.15) is 70.8 Å². The zero-order valence-electron chi connectivity index (χ0n) is 22.3. The van der Waals surface area contributed by atoms with Crippen LogP contribution in [-0.2, 0) is 20.9 Å². The Balaban J connectivity index is 1.64. The van der Waals surface area contributed by atoms with Gasteiger partial charge in [0.2, 0.25) is 5.76 Å². The van der Waals surface area contributed by atoms with Crippen molar-refractivity contribution in [2.75, 3.05) is 13.1 Å². The molecule has 1 atom stereocenters. The molecule has 200 valence electrons. The van der Waals surface area contributed by atoms with Gasteiger partial charge in [-0.25, -0.2) is 0 Å². The topological polar surface area (TPSA) is 102 Å². The van der Waals surface area contributed by atoms with E-state index in [9.17, 15) is 9.59 Å². The Hall–Kier alpha value is -3.22. The van der Waals surface area contributed by atoms with E-state index in [-0.39, 0.29) is 35.8 Å². The number of allylic oxidation sites excluding steroid dienone is 4. The largest absolute Gasteiger partial charge is 0.481 e. The minimum atomic E-state index is -0.714. The standard InChI is InChI=1S/C30H42N4O3/c1-3-4-6-13-25(31)30(16-9-10-17-30)20-22(2)33-18-19-34(24-14-15-24)29(36)26(33)27(28(32)35)37-21-23-11-7-5-8-12-23/h4-8,11-13,22,24H,3,9-10,14-21,31H2,1-2H3,(H2,32,35)/b6-4-,25-13-,27-26+. The lowest BCUT2D eigenvalue weighted by atomic mass is 9.76. The molecule has 0 bridgehead atoms. The number of piperazine rings is 1. The van der Waals surface area contributed by atoms with Crippen molar-refractivity contribution in [1.29, 1.82) is 0 Å². The van der Waals surface area contributed by atoms with Crippen LogP contribution in [0.5, 0.6) is 0 Å². The van der Waals surface area contributed by atoms with Crippen molar-refractivity contribution in [2.24, 2.45) is 16.9 Å². The van der Waals surface area contributed by atoms with Crippen LogP contribution in [0.4, 0.5) is 0 Å². The number of amides is 2. The van der Waals surface area contributed by atoms with Gasteiger partial charge >= 0.3 is 0 Å². The van der Waals surface area contributed by atoms with Gasteiger partial charge in [0, 0.05) is 36.3 Å². The fourth-order valence-electron chi connectivity index (χ4n) is 5.90. The maximum Gasteiger partial charge on any atom is 0.286 e. The van der Waals surface area contributed by atoms with Crippen LogP contribution in [0.25, 0.3) is 0 Å². The number of nitrogens with zero attached hydrogens (tertiary/aromatic N) is 2. The number of ether oxygens (including phenoxy) is 1. The molecule has 2 saturated carbocycles. The molecule has 1 heterocycles. The number of primary amides is 1. The van der Waals surface area contributed by atoms with Crippen molar-refractivity contribution in [2.45, 2.75) is 83.9 Å². The Morgan fingerprint density at radius 1 is 1.16 bits per heavy atom. The van der Waals surface area contributed by atoms with Crippen LogP contribution < -0.4 is 11.5 Å². The van der Waals surface area contributed by atoms with Crippen LogP contribution in [-0.4, -0.2) is 46.8 Å². The zero-order valence-corrected chi connectivity index (χ0v) is 22.3. The summed E-state index contributed by atoms with van der Waals surface area (Å²) >= 11 is 0. The maximum atomic E-state index is 13.8. The average Bonchev–Trinajstić information content (AvgIpc) is 3.62. The average molecular weight is 507 g/mol. The van der Waals surface area contributed by atoms with Crippen molar-refractivity contribution < 1.29 is 14.3 Å². The van der Waals surface area contributed by atoms with Crippen LogP contribution in [0, 0.1) is 5.41 Å². The summed E-state index contributed by atoms with van der Waals surface area (Å²) in [4.78, 5) is 30.4. The molecule has 1 unspecified atom stereocenters. The van der Waals surface area contributed by atoms with E-state index in [2.05, 4.69) is 24.8 Å². The van der Waals surface area contributed by atoms with Gasteiger partial charge in [0.05, 0.1) is 0 Å². The highest BCUT2D eigenvalue weighted by Crippen LogP contribution is 2.47. The molecule has 1 saturated heterocycles. The zero-order chi connectivity index (χ0) is 26.4. The smallest absolute Gasteiger partial charge is 0.286 e. The van der Waals surface area contributed by atoms with Crippen molar-refractivity contribution in [3.05, 3.63) is 71.3 Å². The SMILES string of the molecule is CC/C=C\C=C(/N)C1(CC(C)N2CCN(C3CC3)C(=O)/C2=C(\OCc2ccccc2)C(N)=O)CCCC1. The normalized spacial score (nSPS) is 22.4. The van der Waals surface area contributed by atoms with Gasteiger partial charge in [0.25, 0.3) is 11.8 Å². The van der Waals surface area contributed by atoms with E-state index < -0.39 is 5.91 Å². The van der Waals surface area contributed by atoms with Gasteiger partial charge in [-0.3, -0.25) is 9.59 Å². The van der Waals surface area contributed by atoms with E-state index in [4.69, 9.17) is 16.2 Å². The number of nitrogens with two attached hydrogens (primary N) is 2. The van der Waals surface area contributed by atoms with Gasteiger partial charge < -0.3 is 26.0 Å². The molecule has 3 fully saturated rings. The van der Waals surface area contributed by atoms with Gasteiger partial charge in [0.1, 0.15) is 6.61 Å². The molecule has 2 aliphatic carbocycles. The van der Waals surface area contributed by atoms with Crippen LogP contribution >= 0.6 is 0 Å². The lowest BCUT2D eigenvalue weighted by Gasteiger charge is -2.44. The maximum absolute atomic E-state index is 13.8. The molecule has 0 radical (unpaired) electrons. The first-order chi connectivity index (χ1) is 17.9. The van der Waals surface area contributed by atoms with E-state index in [0.29, 0.717) is 18.8 Å². The van der Waals surface area contributed by atoms with Gasteiger partial charge in [-0.2, -0.15) is 0 Å². The summed E-state index contributed by atoms with van der Waals surface area (Å²) in [6, 6.07) is 9.83. The Morgan fingerprint density at radius 3 is 2.49 bits per heavy atom. The Kier molecular flexibility index (Phi) is 8.62. The summed E-state index contributed by atoms with van der Waals surface area (Å²) in [6.45, 7) is 5.69. The summed E-state index contributed by atoms with van der Waals surface area (Å²) in [6.07, 6.45) is 14.3. The molecule has 4 rings (SSSR count). The summed E-state index contributed by atoms with van der Waals surface area (Å²) < 4.78 is 6.01. The number of carbonyl (C=O) groups excluding carboxylic acids is 2. The van der Waals surface area contributed by atoms with Gasteiger partial charge in [-0.1, -0.05) is 62.2 Å². The fourth-order valence-corrected chi connectivity index (χ4v) is 5.90. The van der Waals surface area contributed by atoms with Gasteiger partial charge in [-0.15, -0.1) is 0 Å². The Labute approximate surface area is 221 Å². The monoisotopic (exact) mass is 506 g/mol. The first-order valence-electron chi connectivity index (χ1n) is 13.8. The lowest BCUT2D eigenvalue weighted by Crippen LogP contribution is -2.54. The number of hydrogen-bond acceptors (Lipinski definition) is 5. The highest BCUT2D eigenvalue weighted by atomic mass is 16.5. The molecule has 7 heteroatoms. The molecule has 37 heavy (non-hydrogen) atoms. The Morgan fingerprint density at radius 2 is 1.86 bits per heavy atom. The lowest BCUT2D eigenvalue weighted by molar-refractivity contribution is -0.134. The van der Waals surface area contributed by atoms with Crippen molar-refractivity contribution in [3.8, 4) is 0 Å². The second kappa shape index (κ2) is 11.9. The van der Waals surface area contributed by atoms with Crippen LogP contribution in [0.15, 0.2) is 65.7 Å². The van der Waals surface area contributed by atoms with Crippen LogP contribution in [0.3, 0.4) is 0 Å². The van der Waals surface area contributed by atoms with E-state index in [1.54, 1.807) is 0 Å². The molecular weight excluding hydrogens is 464 g/mol. The highest BCUT2D eigenvalue weighted by Gasteiger charge is 2.45. The van der Waals surface area contributed by atoms with Crippen molar-refractivity contribution in [1.82, 2.24) is 9.80 Å². The molecule has 4 N–H and O–H groups in total. The predicted molar refractivity (Wildman–Crippen MR) is 146 cm³/mol. The molecule has 2 amide bonds. The second-order valence-electron chi connectivity index (χ2n) is 10.7. The van der Waals surface area contributed by atoms with Gasteiger partial charge in [-0.05, 0) is 57.1 Å². The highest BCUT2D eigenvalue weighted by molar-refractivity contribution is 6.03. The summed E-state index contributed by atoms with van der Waals surface area (Å²) in [5, 5.41) is 0. The van der Waals surface area contributed by atoms with E-state index in [0.717, 1.165) is 62.6 Å². The third-order valence-electron chi connectivity index (χ3n) is 8.02. The first kappa shape index (κ1) is 26.8. The Bertz CT molecular complexity index is 1050. The third kappa shape index (κ3) is 6.20. The predicted octanol–water partition coefficient (Wildman–Crippen LogP) is 4.35. The van der Waals surface area contributed by atoms with Crippen LogP contribution in [0.2, 0.25) is 0 Å². The number of hydrogen-bond donors (Lipinski definition) is 2. The quantitative estimate of drug-likeness (QED) is 0.264.